The second kappa shape index (κ2) is 7.49. The van der Waals surface area contributed by atoms with Crippen molar-refractivity contribution < 1.29 is 27.6 Å². The highest BCUT2D eigenvalue weighted by molar-refractivity contribution is 6.33. The second-order valence-corrected chi connectivity index (χ2v) is 5.47. The van der Waals surface area contributed by atoms with Gasteiger partial charge in [-0.25, -0.2) is 13.6 Å². The molecule has 1 heterocycles. The first-order valence-corrected chi connectivity index (χ1v) is 7.64. The topological polar surface area (TPSA) is 74.5 Å². The molecule has 0 unspecified atom stereocenters. The van der Waals surface area contributed by atoms with Gasteiger partial charge in [-0.1, -0.05) is 16.8 Å². The Hall–Kier alpha value is -3.00. The van der Waals surface area contributed by atoms with Crippen LogP contribution in [0.25, 0.3) is 11.4 Å². The third kappa shape index (κ3) is 3.80. The van der Waals surface area contributed by atoms with Crippen molar-refractivity contribution in [3.63, 3.8) is 0 Å². The molecule has 9 heteroatoms. The van der Waals surface area contributed by atoms with Crippen molar-refractivity contribution in [2.24, 2.45) is 0 Å². The van der Waals surface area contributed by atoms with E-state index in [4.69, 9.17) is 25.6 Å². The van der Waals surface area contributed by atoms with Crippen LogP contribution in [0.4, 0.5) is 8.78 Å². The first-order chi connectivity index (χ1) is 12.5. The van der Waals surface area contributed by atoms with Gasteiger partial charge in [0.1, 0.15) is 5.75 Å². The summed E-state index contributed by atoms with van der Waals surface area (Å²) in [5.41, 5.74) is 0.372. The van der Waals surface area contributed by atoms with Crippen LogP contribution in [0.5, 0.6) is 5.75 Å². The van der Waals surface area contributed by atoms with Crippen molar-refractivity contribution >= 4 is 17.6 Å². The predicted octanol–water partition coefficient (Wildman–Crippen LogP) is 4.03. The number of carbonyl (C=O) groups excluding carboxylic acids is 1. The van der Waals surface area contributed by atoms with Crippen molar-refractivity contribution in [2.45, 2.75) is 6.61 Å². The number of benzene rings is 2. The van der Waals surface area contributed by atoms with Gasteiger partial charge < -0.3 is 14.0 Å². The van der Waals surface area contributed by atoms with Gasteiger partial charge in [-0.2, -0.15) is 4.98 Å². The van der Waals surface area contributed by atoms with E-state index in [-0.39, 0.29) is 23.1 Å². The first kappa shape index (κ1) is 17.8. The zero-order valence-corrected chi connectivity index (χ0v) is 14.1. The number of halogens is 3. The van der Waals surface area contributed by atoms with Crippen molar-refractivity contribution in [3.8, 4) is 17.1 Å². The average Bonchev–Trinajstić information content (AvgIpc) is 3.12. The average molecular weight is 381 g/mol. The number of carbonyl (C=O) groups is 1. The Morgan fingerprint density at radius 1 is 1.19 bits per heavy atom. The lowest BCUT2D eigenvalue weighted by Gasteiger charge is -2.04. The number of hydrogen-bond acceptors (Lipinski definition) is 6. The summed E-state index contributed by atoms with van der Waals surface area (Å²) in [6.45, 7) is -0.350. The molecule has 26 heavy (non-hydrogen) atoms. The smallest absolute Gasteiger partial charge is 0.340 e. The van der Waals surface area contributed by atoms with Gasteiger partial charge in [0.25, 0.3) is 5.89 Å². The van der Waals surface area contributed by atoms with E-state index < -0.39 is 17.6 Å². The minimum atomic E-state index is -1.21. The molecular formula is C17H11ClF2N2O4. The van der Waals surface area contributed by atoms with Crippen LogP contribution in [-0.4, -0.2) is 23.2 Å². The van der Waals surface area contributed by atoms with E-state index in [1.54, 1.807) is 31.4 Å². The van der Waals surface area contributed by atoms with Crippen LogP contribution in [0.3, 0.4) is 0 Å². The Bertz CT molecular complexity index is 944. The summed E-state index contributed by atoms with van der Waals surface area (Å²) in [6.07, 6.45) is 0. The van der Waals surface area contributed by atoms with E-state index in [9.17, 15) is 13.6 Å². The number of esters is 1. The van der Waals surface area contributed by atoms with Gasteiger partial charge in [0.15, 0.2) is 18.2 Å². The number of rotatable bonds is 5. The van der Waals surface area contributed by atoms with Crippen LogP contribution in [-0.2, 0) is 11.3 Å². The molecule has 0 N–H and O–H groups in total. The van der Waals surface area contributed by atoms with Gasteiger partial charge in [0, 0.05) is 5.56 Å². The van der Waals surface area contributed by atoms with Crippen molar-refractivity contribution in [1.29, 1.82) is 0 Å². The maximum absolute atomic E-state index is 13.2. The van der Waals surface area contributed by atoms with Crippen LogP contribution in [0.15, 0.2) is 40.9 Å². The summed E-state index contributed by atoms with van der Waals surface area (Å²) in [4.78, 5) is 16.0. The number of ether oxygens (including phenoxy) is 2. The molecule has 0 saturated heterocycles. The minimum Gasteiger partial charge on any atom is -0.497 e. The van der Waals surface area contributed by atoms with Gasteiger partial charge >= 0.3 is 5.97 Å². The molecule has 6 nitrogen and oxygen atoms in total. The predicted molar refractivity (Wildman–Crippen MR) is 86.8 cm³/mol. The van der Waals surface area contributed by atoms with Gasteiger partial charge in [-0.05, 0) is 36.4 Å². The number of hydrogen-bond donors (Lipinski definition) is 0. The summed E-state index contributed by atoms with van der Waals surface area (Å²) in [7, 11) is 1.55. The summed E-state index contributed by atoms with van der Waals surface area (Å²) in [5.74, 6) is -2.31. The first-order valence-electron chi connectivity index (χ1n) is 7.26. The van der Waals surface area contributed by atoms with Crippen molar-refractivity contribution in [3.05, 3.63) is 64.5 Å². The van der Waals surface area contributed by atoms with E-state index in [2.05, 4.69) is 10.1 Å². The zero-order valence-electron chi connectivity index (χ0n) is 13.3. The van der Waals surface area contributed by atoms with Crippen LogP contribution in [0.2, 0.25) is 5.02 Å². The largest absolute Gasteiger partial charge is 0.497 e. The molecule has 3 aromatic rings. The Morgan fingerprint density at radius 2 is 1.88 bits per heavy atom. The molecule has 0 bridgehead atoms. The Labute approximate surface area is 151 Å². The molecule has 0 amide bonds. The molecule has 0 spiro atoms. The van der Waals surface area contributed by atoms with Gasteiger partial charge in [0.05, 0.1) is 17.7 Å². The molecule has 0 aliphatic rings. The van der Waals surface area contributed by atoms with E-state index in [1.807, 2.05) is 0 Å². The minimum absolute atomic E-state index is 0.0304. The monoisotopic (exact) mass is 380 g/mol. The Kier molecular flexibility index (Phi) is 5.13. The molecule has 0 saturated carbocycles. The van der Waals surface area contributed by atoms with Crippen molar-refractivity contribution in [1.82, 2.24) is 10.1 Å². The van der Waals surface area contributed by atoms with E-state index >= 15 is 0 Å². The lowest BCUT2D eigenvalue weighted by Crippen LogP contribution is -2.07. The van der Waals surface area contributed by atoms with E-state index in [0.717, 1.165) is 0 Å². The lowest BCUT2D eigenvalue weighted by atomic mass is 10.2. The Morgan fingerprint density at radius 3 is 2.58 bits per heavy atom. The highest BCUT2D eigenvalue weighted by atomic mass is 35.5. The van der Waals surface area contributed by atoms with Crippen LogP contribution < -0.4 is 4.74 Å². The highest BCUT2D eigenvalue weighted by Crippen LogP contribution is 2.22. The summed E-state index contributed by atoms with van der Waals surface area (Å²) in [5, 5.41) is 3.52. The van der Waals surface area contributed by atoms with Gasteiger partial charge in [-0.15, -0.1) is 0 Å². The number of aromatic nitrogens is 2. The third-order valence-electron chi connectivity index (χ3n) is 3.37. The van der Waals surface area contributed by atoms with Crippen LogP contribution in [0, 0.1) is 11.6 Å². The van der Waals surface area contributed by atoms with Crippen molar-refractivity contribution in [2.75, 3.05) is 7.11 Å². The molecule has 1 aromatic heterocycles. The molecule has 0 fully saturated rings. The fraction of sp³-hybridized carbons (Fsp3) is 0.118. The summed E-state index contributed by atoms with van der Waals surface area (Å²) < 4.78 is 41.3. The molecule has 0 aliphatic heterocycles. The molecule has 0 atom stereocenters. The van der Waals surface area contributed by atoms with E-state index in [1.165, 1.54) is 0 Å². The quantitative estimate of drug-likeness (QED) is 0.491. The molecule has 0 aliphatic carbocycles. The summed E-state index contributed by atoms with van der Waals surface area (Å²) >= 11 is 5.72. The maximum Gasteiger partial charge on any atom is 0.340 e. The molecule has 134 valence electrons. The van der Waals surface area contributed by atoms with E-state index in [0.29, 0.717) is 29.3 Å². The Balaban J connectivity index is 1.68. The standard InChI is InChI=1S/C17H11ClF2N2O4/c1-24-10-4-2-9(3-5-10)16-21-15(26-22-16)8-25-17(23)11-6-13(19)14(20)7-12(11)18/h2-7H,8H2,1H3. The number of methoxy groups -OCH3 is 1. The SMILES string of the molecule is COc1ccc(-c2noc(COC(=O)c3cc(F)c(F)cc3Cl)n2)cc1. The zero-order chi connectivity index (χ0) is 18.7. The fourth-order valence-electron chi connectivity index (χ4n) is 2.05. The third-order valence-corrected chi connectivity index (χ3v) is 3.69. The maximum atomic E-state index is 13.2. The molecule has 0 radical (unpaired) electrons. The number of nitrogens with zero attached hydrogens (tertiary/aromatic N) is 2. The van der Waals surface area contributed by atoms with Gasteiger partial charge in [-0.3, -0.25) is 0 Å². The van der Waals surface area contributed by atoms with Crippen LogP contribution in [0.1, 0.15) is 16.2 Å². The molecular weight excluding hydrogens is 370 g/mol. The highest BCUT2D eigenvalue weighted by Gasteiger charge is 2.18. The normalized spacial score (nSPS) is 10.6. The van der Waals surface area contributed by atoms with Gasteiger partial charge in [0.2, 0.25) is 5.82 Å². The fourth-order valence-corrected chi connectivity index (χ4v) is 2.28. The molecule has 3 rings (SSSR count). The summed E-state index contributed by atoms with van der Waals surface area (Å²) in [6, 6.07) is 8.30. The lowest BCUT2D eigenvalue weighted by molar-refractivity contribution is 0.0429. The van der Waals surface area contributed by atoms with Crippen LogP contribution >= 0.6 is 11.6 Å². The molecule has 2 aromatic carbocycles. The second-order valence-electron chi connectivity index (χ2n) is 5.06.